The van der Waals surface area contributed by atoms with Gasteiger partial charge in [0.15, 0.2) is 5.69 Å². The van der Waals surface area contributed by atoms with E-state index in [0.29, 0.717) is 24.9 Å². The Morgan fingerprint density at radius 2 is 2.00 bits per heavy atom. The number of likely N-dealkylation sites (tertiary alicyclic amines) is 1. The Bertz CT molecular complexity index is 504. The molecule has 2 heterocycles. The first-order valence-corrected chi connectivity index (χ1v) is 8.77. The molecule has 2 N–H and O–H groups in total. The molecule has 0 aromatic carbocycles. The Morgan fingerprint density at radius 3 is 2.70 bits per heavy atom. The van der Waals surface area contributed by atoms with Crippen LogP contribution >= 0.6 is 0 Å². The molecular weight excluding hydrogens is 294 g/mol. The van der Waals surface area contributed by atoms with Crippen molar-refractivity contribution in [2.75, 3.05) is 26.2 Å². The highest BCUT2D eigenvalue weighted by atomic mass is 16.5. The van der Waals surface area contributed by atoms with Crippen molar-refractivity contribution in [2.24, 2.45) is 11.7 Å². The van der Waals surface area contributed by atoms with Crippen molar-refractivity contribution in [2.45, 2.75) is 51.2 Å². The van der Waals surface area contributed by atoms with E-state index >= 15 is 0 Å². The quantitative estimate of drug-likeness (QED) is 0.846. The summed E-state index contributed by atoms with van der Waals surface area (Å²) in [4.78, 5) is 14.3. The molecule has 1 aromatic heterocycles. The van der Waals surface area contributed by atoms with E-state index < -0.39 is 0 Å². The minimum absolute atomic E-state index is 0.0393. The lowest BCUT2D eigenvalue weighted by Crippen LogP contribution is -2.41. The van der Waals surface area contributed by atoms with Gasteiger partial charge in [-0.05, 0) is 31.6 Å². The summed E-state index contributed by atoms with van der Waals surface area (Å²) in [6.45, 7) is 3.43. The maximum Gasteiger partial charge on any atom is 0.276 e. The summed E-state index contributed by atoms with van der Waals surface area (Å²) in [5.74, 6) is 0.717. The summed E-state index contributed by atoms with van der Waals surface area (Å²) >= 11 is 0. The van der Waals surface area contributed by atoms with Crippen LogP contribution in [0.25, 0.3) is 0 Å². The molecule has 0 atom stereocenters. The number of hydrogen-bond donors (Lipinski definition) is 1. The van der Waals surface area contributed by atoms with Gasteiger partial charge in [-0.2, -0.15) is 0 Å². The highest BCUT2D eigenvalue weighted by Gasteiger charge is 2.26. The van der Waals surface area contributed by atoms with Crippen LogP contribution in [0, 0.1) is 5.92 Å². The molecule has 0 bridgehead atoms. The van der Waals surface area contributed by atoms with Gasteiger partial charge in [0.1, 0.15) is 0 Å². The van der Waals surface area contributed by atoms with Crippen molar-refractivity contribution in [1.29, 1.82) is 0 Å². The largest absolute Gasteiger partial charge is 0.378 e. The van der Waals surface area contributed by atoms with Gasteiger partial charge in [-0.1, -0.05) is 18.1 Å². The second-order valence-electron chi connectivity index (χ2n) is 6.63. The molecular formula is C16H27N5O2. The summed E-state index contributed by atoms with van der Waals surface area (Å²) in [6.07, 6.45) is 9.14. The molecule has 1 saturated carbocycles. The maximum atomic E-state index is 12.4. The molecule has 0 spiro atoms. The Hall–Kier alpha value is -1.47. The van der Waals surface area contributed by atoms with Crippen LogP contribution in [0.4, 0.5) is 0 Å². The third-order valence-electron chi connectivity index (χ3n) is 4.89. The standard InChI is InChI=1S/C16H27N5O2/c17-7-10-21-11-15(18-19-21)16(22)20-8-5-14(6-9-20)23-12-13-3-1-2-4-13/h11,13-14H,1-10,12,17H2. The first-order valence-electron chi connectivity index (χ1n) is 8.77. The number of piperidine rings is 1. The van der Waals surface area contributed by atoms with Crippen molar-refractivity contribution in [1.82, 2.24) is 19.9 Å². The fraction of sp³-hybridized carbons (Fsp3) is 0.812. The SMILES string of the molecule is NCCn1cc(C(=O)N2CCC(OCC3CCCC3)CC2)nn1. The number of hydrogen-bond acceptors (Lipinski definition) is 5. The van der Waals surface area contributed by atoms with Crippen molar-refractivity contribution in [3.63, 3.8) is 0 Å². The fourth-order valence-corrected chi connectivity index (χ4v) is 3.47. The topological polar surface area (TPSA) is 86.3 Å². The van der Waals surface area contributed by atoms with Gasteiger partial charge in [-0.25, -0.2) is 0 Å². The summed E-state index contributed by atoms with van der Waals surface area (Å²) in [5, 5.41) is 7.88. The zero-order valence-electron chi connectivity index (χ0n) is 13.7. The first kappa shape index (κ1) is 16.4. The molecule has 7 nitrogen and oxygen atoms in total. The van der Waals surface area contributed by atoms with Crippen LogP contribution in [0.3, 0.4) is 0 Å². The van der Waals surface area contributed by atoms with Gasteiger partial charge in [0.2, 0.25) is 0 Å². The van der Waals surface area contributed by atoms with Crippen LogP contribution in [0.1, 0.15) is 49.0 Å². The van der Waals surface area contributed by atoms with E-state index in [1.807, 2.05) is 4.90 Å². The smallest absolute Gasteiger partial charge is 0.276 e. The molecule has 23 heavy (non-hydrogen) atoms. The fourth-order valence-electron chi connectivity index (χ4n) is 3.47. The predicted molar refractivity (Wildman–Crippen MR) is 85.9 cm³/mol. The van der Waals surface area contributed by atoms with Gasteiger partial charge in [0.05, 0.1) is 18.8 Å². The van der Waals surface area contributed by atoms with E-state index in [4.69, 9.17) is 10.5 Å². The molecule has 1 saturated heterocycles. The van der Waals surface area contributed by atoms with E-state index in [1.165, 1.54) is 25.7 Å². The second kappa shape index (κ2) is 7.88. The molecule has 7 heteroatoms. The highest BCUT2D eigenvalue weighted by Crippen LogP contribution is 2.26. The first-order chi connectivity index (χ1) is 11.3. The number of ether oxygens (including phenoxy) is 1. The van der Waals surface area contributed by atoms with Crippen molar-refractivity contribution < 1.29 is 9.53 Å². The Balaban J connectivity index is 1.43. The summed E-state index contributed by atoms with van der Waals surface area (Å²) in [7, 11) is 0. The molecule has 3 rings (SSSR count). The third kappa shape index (κ3) is 4.29. The summed E-state index contributed by atoms with van der Waals surface area (Å²) in [6, 6.07) is 0. The minimum atomic E-state index is -0.0393. The van der Waals surface area contributed by atoms with Crippen LogP contribution in [0.5, 0.6) is 0 Å². The number of nitrogens with two attached hydrogens (primary N) is 1. The number of carbonyl (C=O) groups excluding carboxylic acids is 1. The van der Waals surface area contributed by atoms with E-state index in [1.54, 1.807) is 10.9 Å². The number of aromatic nitrogens is 3. The van der Waals surface area contributed by atoms with Crippen molar-refractivity contribution >= 4 is 5.91 Å². The van der Waals surface area contributed by atoms with Crippen molar-refractivity contribution in [3.8, 4) is 0 Å². The molecule has 2 aliphatic rings. The Labute approximate surface area is 137 Å². The molecule has 1 aliphatic heterocycles. The lowest BCUT2D eigenvalue weighted by molar-refractivity contribution is -0.00604. The van der Waals surface area contributed by atoms with Gasteiger partial charge in [0, 0.05) is 26.2 Å². The molecule has 0 unspecified atom stereocenters. The predicted octanol–water partition coefficient (Wildman–Crippen LogP) is 1.05. The van der Waals surface area contributed by atoms with Gasteiger partial charge in [-0.3, -0.25) is 9.48 Å². The third-order valence-corrected chi connectivity index (χ3v) is 4.89. The Morgan fingerprint density at radius 1 is 1.26 bits per heavy atom. The zero-order chi connectivity index (χ0) is 16.1. The maximum absolute atomic E-state index is 12.4. The van der Waals surface area contributed by atoms with Gasteiger partial charge >= 0.3 is 0 Å². The normalized spacial score (nSPS) is 20.3. The van der Waals surface area contributed by atoms with E-state index in [-0.39, 0.29) is 5.91 Å². The van der Waals surface area contributed by atoms with Crippen molar-refractivity contribution in [3.05, 3.63) is 11.9 Å². The molecule has 1 amide bonds. The van der Waals surface area contributed by atoms with Crippen LogP contribution in [-0.2, 0) is 11.3 Å². The highest BCUT2D eigenvalue weighted by molar-refractivity contribution is 5.91. The summed E-state index contributed by atoms with van der Waals surface area (Å²) < 4.78 is 7.67. The average molecular weight is 321 g/mol. The van der Waals surface area contributed by atoms with Crippen LogP contribution in [0.2, 0.25) is 0 Å². The monoisotopic (exact) mass is 321 g/mol. The molecule has 128 valence electrons. The van der Waals surface area contributed by atoms with Crippen LogP contribution < -0.4 is 5.73 Å². The lowest BCUT2D eigenvalue weighted by Gasteiger charge is -2.32. The van der Waals surface area contributed by atoms with Crippen LogP contribution in [-0.4, -0.2) is 58.1 Å². The number of amides is 1. The average Bonchev–Trinajstić information content (AvgIpc) is 3.25. The number of carbonyl (C=O) groups is 1. The molecule has 1 aliphatic carbocycles. The van der Waals surface area contributed by atoms with Gasteiger partial charge in [0.25, 0.3) is 5.91 Å². The molecule has 2 fully saturated rings. The Kier molecular flexibility index (Phi) is 5.61. The second-order valence-corrected chi connectivity index (χ2v) is 6.63. The molecule has 1 aromatic rings. The zero-order valence-corrected chi connectivity index (χ0v) is 13.7. The van der Waals surface area contributed by atoms with Gasteiger partial charge < -0.3 is 15.4 Å². The van der Waals surface area contributed by atoms with E-state index in [2.05, 4.69) is 10.3 Å². The minimum Gasteiger partial charge on any atom is -0.378 e. The van der Waals surface area contributed by atoms with E-state index in [9.17, 15) is 4.79 Å². The summed E-state index contributed by atoms with van der Waals surface area (Å²) in [5.41, 5.74) is 5.89. The van der Waals surface area contributed by atoms with Gasteiger partial charge in [-0.15, -0.1) is 5.10 Å². The van der Waals surface area contributed by atoms with E-state index in [0.717, 1.165) is 38.5 Å². The number of rotatable bonds is 6. The molecule has 0 radical (unpaired) electrons. The lowest BCUT2D eigenvalue weighted by atomic mass is 10.1. The number of nitrogens with zero attached hydrogens (tertiary/aromatic N) is 4. The van der Waals surface area contributed by atoms with Crippen LogP contribution in [0.15, 0.2) is 6.20 Å².